The van der Waals surface area contributed by atoms with Crippen molar-refractivity contribution in [2.24, 2.45) is 5.92 Å². The molecule has 6 nitrogen and oxygen atoms in total. The highest BCUT2D eigenvalue weighted by molar-refractivity contribution is 7.71. The monoisotopic (exact) mass is 413 g/mol. The topological polar surface area (TPSA) is 57.2 Å². The second-order valence-electron chi connectivity index (χ2n) is 6.65. The quantitative estimate of drug-likeness (QED) is 0.776. The summed E-state index contributed by atoms with van der Waals surface area (Å²) in [5.74, 6) is 0.838. The Hall–Kier alpha value is -1.41. The van der Waals surface area contributed by atoms with Crippen LogP contribution in [0.2, 0.25) is 10.0 Å². The summed E-state index contributed by atoms with van der Waals surface area (Å²) in [4.78, 5) is 20.6. The van der Waals surface area contributed by atoms with Gasteiger partial charge in [0, 0.05) is 42.7 Å². The molecular weight excluding hydrogens is 393 g/mol. The Labute approximate surface area is 167 Å². The molecule has 1 aliphatic rings. The molecule has 140 valence electrons. The number of benzene rings is 1. The van der Waals surface area contributed by atoms with Crippen LogP contribution in [0, 0.1) is 10.7 Å². The summed E-state index contributed by atoms with van der Waals surface area (Å²) in [6.45, 7) is 7.51. The minimum Gasteiger partial charge on any atom is -0.340 e. The SMILES string of the molecule is CC(C)C(=O)N1CCN(Cn2[nH]c(-c3cc(Cl)ccc3Cl)nc2=S)CC1. The number of hydrogen-bond donors (Lipinski definition) is 1. The smallest absolute Gasteiger partial charge is 0.225 e. The van der Waals surface area contributed by atoms with E-state index in [-0.39, 0.29) is 11.8 Å². The molecule has 0 radical (unpaired) electrons. The third-order valence-electron chi connectivity index (χ3n) is 4.38. The molecule has 1 aromatic carbocycles. The number of nitrogens with one attached hydrogen (secondary N) is 1. The van der Waals surface area contributed by atoms with Crippen LogP contribution in [0.4, 0.5) is 0 Å². The lowest BCUT2D eigenvalue weighted by molar-refractivity contribution is -0.136. The molecule has 1 N–H and O–H groups in total. The first-order valence-electron chi connectivity index (χ1n) is 8.48. The Balaban J connectivity index is 1.69. The van der Waals surface area contributed by atoms with Crippen molar-refractivity contribution in [1.29, 1.82) is 0 Å². The van der Waals surface area contributed by atoms with E-state index >= 15 is 0 Å². The minimum atomic E-state index is 0.0350. The number of aromatic amines is 1. The predicted molar refractivity (Wildman–Crippen MR) is 106 cm³/mol. The largest absolute Gasteiger partial charge is 0.340 e. The number of halogens is 2. The summed E-state index contributed by atoms with van der Waals surface area (Å²) in [7, 11) is 0. The van der Waals surface area contributed by atoms with Crippen LogP contribution < -0.4 is 0 Å². The van der Waals surface area contributed by atoms with Crippen molar-refractivity contribution in [3.63, 3.8) is 0 Å². The zero-order valence-electron chi connectivity index (χ0n) is 14.7. The van der Waals surface area contributed by atoms with Gasteiger partial charge in [0.05, 0.1) is 11.7 Å². The van der Waals surface area contributed by atoms with Gasteiger partial charge in [-0.1, -0.05) is 37.0 Å². The number of rotatable bonds is 4. The van der Waals surface area contributed by atoms with Gasteiger partial charge in [0.1, 0.15) is 0 Å². The fourth-order valence-corrected chi connectivity index (χ4v) is 3.50. The maximum absolute atomic E-state index is 12.1. The molecule has 0 saturated carbocycles. The van der Waals surface area contributed by atoms with Gasteiger partial charge in [-0.3, -0.25) is 14.8 Å². The molecule has 2 heterocycles. The minimum absolute atomic E-state index is 0.0350. The standard InChI is InChI=1S/C17H21Cl2N5OS/c1-11(2)16(25)23-7-5-22(6-8-23)10-24-17(26)20-15(21-24)13-9-12(18)3-4-14(13)19/h3-4,9,11H,5-8,10H2,1-2H3,(H,20,21,26). The van der Waals surface area contributed by atoms with Crippen LogP contribution in [0.1, 0.15) is 13.8 Å². The molecule has 0 spiro atoms. The second kappa shape index (κ2) is 8.08. The predicted octanol–water partition coefficient (Wildman–Crippen LogP) is 3.67. The zero-order valence-corrected chi connectivity index (χ0v) is 17.0. The Bertz CT molecular complexity index is 855. The molecule has 1 aliphatic heterocycles. The van der Waals surface area contributed by atoms with E-state index in [1.165, 1.54) is 0 Å². The highest BCUT2D eigenvalue weighted by Gasteiger charge is 2.23. The maximum atomic E-state index is 12.1. The Kier molecular flexibility index (Phi) is 6.02. The molecule has 1 amide bonds. The van der Waals surface area contributed by atoms with Crippen LogP contribution in [0.5, 0.6) is 0 Å². The van der Waals surface area contributed by atoms with E-state index in [0.29, 0.717) is 27.3 Å². The number of carbonyl (C=O) groups excluding carboxylic acids is 1. The lowest BCUT2D eigenvalue weighted by atomic mass is 10.1. The number of carbonyl (C=O) groups is 1. The first-order chi connectivity index (χ1) is 12.3. The molecule has 2 aromatic rings. The summed E-state index contributed by atoms with van der Waals surface area (Å²) >= 11 is 17.7. The molecule has 3 rings (SSSR count). The summed E-state index contributed by atoms with van der Waals surface area (Å²) < 4.78 is 2.26. The van der Waals surface area contributed by atoms with Gasteiger partial charge in [0.15, 0.2) is 5.82 Å². The van der Waals surface area contributed by atoms with Gasteiger partial charge in [-0.05, 0) is 30.4 Å². The van der Waals surface area contributed by atoms with E-state index in [1.807, 2.05) is 23.4 Å². The van der Waals surface area contributed by atoms with Gasteiger partial charge >= 0.3 is 0 Å². The van der Waals surface area contributed by atoms with E-state index in [9.17, 15) is 4.79 Å². The third kappa shape index (κ3) is 4.28. The van der Waals surface area contributed by atoms with Gasteiger partial charge in [-0.15, -0.1) is 0 Å². The Morgan fingerprint density at radius 1 is 1.27 bits per heavy atom. The van der Waals surface area contributed by atoms with Crippen LogP contribution in [0.3, 0.4) is 0 Å². The lowest BCUT2D eigenvalue weighted by Gasteiger charge is -2.35. The lowest BCUT2D eigenvalue weighted by Crippen LogP contribution is -2.50. The first kappa shape index (κ1) is 19.4. The summed E-state index contributed by atoms with van der Waals surface area (Å²) in [6.07, 6.45) is 0. The Morgan fingerprint density at radius 3 is 2.62 bits per heavy atom. The van der Waals surface area contributed by atoms with Crippen molar-refractivity contribution < 1.29 is 4.79 Å². The normalized spacial score (nSPS) is 15.7. The second-order valence-corrected chi connectivity index (χ2v) is 7.86. The van der Waals surface area contributed by atoms with Crippen LogP contribution in [0.15, 0.2) is 18.2 Å². The van der Waals surface area contributed by atoms with Gasteiger partial charge in [0.25, 0.3) is 0 Å². The van der Waals surface area contributed by atoms with Crippen molar-refractivity contribution >= 4 is 41.3 Å². The number of piperazine rings is 1. The molecule has 0 unspecified atom stereocenters. The first-order valence-corrected chi connectivity index (χ1v) is 9.65. The molecule has 26 heavy (non-hydrogen) atoms. The maximum Gasteiger partial charge on any atom is 0.225 e. The fourth-order valence-electron chi connectivity index (χ4n) is 2.93. The zero-order chi connectivity index (χ0) is 18.8. The van der Waals surface area contributed by atoms with Gasteiger partial charge in [-0.2, -0.15) is 4.98 Å². The van der Waals surface area contributed by atoms with Crippen molar-refractivity contribution in [3.8, 4) is 11.4 Å². The van der Waals surface area contributed by atoms with Crippen molar-refractivity contribution in [2.75, 3.05) is 26.2 Å². The van der Waals surface area contributed by atoms with E-state index < -0.39 is 0 Å². The van der Waals surface area contributed by atoms with Crippen molar-refractivity contribution in [1.82, 2.24) is 24.6 Å². The molecular formula is C17H21Cl2N5OS. The molecule has 9 heteroatoms. The van der Waals surface area contributed by atoms with Crippen LogP contribution in [-0.4, -0.2) is 56.7 Å². The summed E-state index contributed by atoms with van der Waals surface area (Å²) in [5, 5.41) is 4.35. The van der Waals surface area contributed by atoms with E-state index in [4.69, 9.17) is 35.4 Å². The molecule has 1 aromatic heterocycles. The summed E-state index contributed by atoms with van der Waals surface area (Å²) in [6, 6.07) is 5.23. The van der Waals surface area contributed by atoms with E-state index in [2.05, 4.69) is 15.0 Å². The number of hydrogen-bond acceptors (Lipinski definition) is 4. The van der Waals surface area contributed by atoms with Crippen LogP contribution >= 0.6 is 35.4 Å². The fraction of sp³-hybridized carbons (Fsp3) is 0.471. The Morgan fingerprint density at radius 2 is 1.96 bits per heavy atom. The van der Waals surface area contributed by atoms with Crippen molar-refractivity contribution in [2.45, 2.75) is 20.5 Å². The average Bonchev–Trinajstić information content (AvgIpc) is 2.97. The average molecular weight is 414 g/mol. The number of nitrogens with zero attached hydrogens (tertiary/aromatic N) is 4. The van der Waals surface area contributed by atoms with Gasteiger partial charge < -0.3 is 4.90 Å². The number of aromatic nitrogens is 3. The van der Waals surface area contributed by atoms with Crippen molar-refractivity contribution in [3.05, 3.63) is 33.0 Å². The third-order valence-corrected chi connectivity index (χ3v) is 5.26. The van der Waals surface area contributed by atoms with Gasteiger partial charge in [-0.25, -0.2) is 4.68 Å². The van der Waals surface area contributed by atoms with E-state index in [0.717, 1.165) is 31.7 Å². The summed E-state index contributed by atoms with van der Waals surface area (Å²) in [5.41, 5.74) is 0.719. The highest BCUT2D eigenvalue weighted by atomic mass is 35.5. The molecule has 0 atom stereocenters. The number of H-pyrrole nitrogens is 1. The molecule has 1 saturated heterocycles. The van der Waals surface area contributed by atoms with Crippen LogP contribution in [-0.2, 0) is 11.5 Å². The molecule has 0 aliphatic carbocycles. The van der Waals surface area contributed by atoms with E-state index in [1.54, 1.807) is 18.2 Å². The number of amides is 1. The molecule has 1 fully saturated rings. The molecule has 0 bridgehead atoms. The van der Waals surface area contributed by atoms with Crippen LogP contribution in [0.25, 0.3) is 11.4 Å². The van der Waals surface area contributed by atoms with Gasteiger partial charge in [0.2, 0.25) is 10.7 Å². The highest BCUT2D eigenvalue weighted by Crippen LogP contribution is 2.28.